The molecule has 0 bridgehead atoms. The maximum Gasteiger partial charge on any atom is 0.416 e. The highest BCUT2D eigenvalue weighted by Gasteiger charge is 2.40. The van der Waals surface area contributed by atoms with E-state index in [1.54, 1.807) is 6.07 Å². The fourth-order valence-electron chi connectivity index (χ4n) is 2.86. The van der Waals surface area contributed by atoms with Crippen LogP contribution in [0.1, 0.15) is 38.3 Å². The summed E-state index contributed by atoms with van der Waals surface area (Å²) in [6, 6.07) is 3.80. The fraction of sp³-hybridized carbons (Fsp3) is 0.667. The van der Waals surface area contributed by atoms with Crippen LogP contribution in [0.5, 0.6) is 0 Å². The third-order valence-corrected chi connectivity index (χ3v) is 9.78. The summed E-state index contributed by atoms with van der Waals surface area (Å²) in [5, 5.41) is 0.149. The van der Waals surface area contributed by atoms with Gasteiger partial charge in [0.1, 0.15) is 0 Å². The van der Waals surface area contributed by atoms with Crippen molar-refractivity contribution in [1.29, 1.82) is 0 Å². The molecular weight excluding hydrogens is 345 g/mol. The Balaban J connectivity index is 2.01. The molecule has 2 N–H and O–H groups in total. The number of benzene rings is 1. The summed E-state index contributed by atoms with van der Waals surface area (Å²) >= 11 is 0. The molecule has 0 saturated carbocycles. The van der Waals surface area contributed by atoms with E-state index in [-0.39, 0.29) is 16.8 Å². The van der Waals surface area contributed by atoms with Gasteiger partial charge in [0.05, 0.1) is 11.7 Å². The second-order valence-corrected chi connectivity index (χ2v) is 13.2. The van der Waals surface area contributed by atoms with Crippen LogP contribution < -0.4 is 5.73 Å². The Morgan fingerprint density at radius 2 is 1.84 bits per heavy atom. The topological polar surface area (TPSA) is 38.5 Å². The SMILES string of the molecule is CC(C)(C)[Si](C)(C)O[C@H]1CCN(Cc2cc(N)cc(C(F)(F)F)c2)C1. The number of nitrogens with zero attached hydrogens (tertiary/aromatic N) is 1. The molecule has 0 unspecified atom stereocenters. The maximum absolute atomic E-state index is 12.9. The molecule has 1 aliphatic heterocycles. The highest BCUT2D eigenvalue weighted by Crippen LogP contribution is 2.38. The average molecular weight is 375 g/mol. The summed E-state index contributed by atoms with van der Waals surface area (Å²) in [4.78, 5) is 2.15. The second-order valence-electron chi connectivity index (χ2n) is 8.48. The Bertz CT molecular complexity index is 611. The standard InChI is InChI=1S/C18H29F3N2OSi/c1-17(2,3)25(4,5)24-16-6-7-23(12-16)11-13-8-14(18(19,20)21)10-15(22)9-13/h8-10,16H,6-7,11-12,22H2,1-5H3/t16-/m0/s1. The van der Waals surface area contributed by atoms with Crippen molar-refractivity contribution in [1.82, 2.24) is 4.90 Å². The van der Waals surface area contributed by atoms with E-state index in [0.717, 1.165) is 25.6 Å². The van der Waals surface area contributed by atoms with Gasteiger partial charge in [0.15, 0.2) is 8.32 Å². The maximum atomic E-state index is 12.9. The van der Waals surface area contributed by atoms with Crippen LogP contribution in [0.25, 0.3) is 0 Å². The molecule has 142 valence electrons. The van der Waals surface area contributed by atoms with Gasteiger partial charge in [-0.25, -0.2) is 0 Å². The second kappa shape index (κ2) is 6.93. The summed E-state index contributed by atoms with van der Waals surface area (Å²) < 4.78 is 45.2. The molecule has 0 amide bonds. The number of alkyl halides is 3. The first-order valence-corrected chi connectivity index (χ1v) is 11.6. The number of anilines is 1. The number of halogens is 3. The Labute approximate surface area is 149 Å². The predicted octanol–water partition coefficient (Wildman–Crippen LogP) is 4.88. The quantitative estimate of drug-likeness (QED) is 0.603. The largest absolute Gasteiger partial charge is 0.416 e. The van der Waals surface area contributed by atoms with Crippen molar-refractivity contribution >= 4 is 14.0 Å². The van der Waals surface area contributed by atoms with Gasteiger partial charge in [0.2, 0.25) is 0 Å². The van der Waals surface area contributed by atoms with Crippen molar-refractivity contribution in [2.24, 2.45) is 0 Å². The molecule has 1 heterocycles. The molecule has 7 heteroatoms. The van der Waals surface area contributed by atoms with E-state index in [2.05, 4.69) is 38.8 Å². The Morgan fingerprint density at radius 1 is 1.20 bits per heavy atom. The summed E-state index contributed by atoms with van der Waals surface area (Å²) in [6.45, 7) is 13.1. The van der Waals surface area contributed by atoms with E-state index in [4.69, 9.17) is 10.2 Å². The van der Waals surface area contributed by atoms with Gasteiger partial charge in [0.25, 0.3) is 0 Å². The highest BCUT2D eigenvalue weighted by molar-refractivity contribution is 6.74. The van der Waals surface area contributed by atoms with Crippen molar-refractivity contribution in [3.63, 3.8) is 0 Å². The molecule has 1 fully saturated rings. The zero-order valence-corrected chi connectivity index (χ0v) is 16.7. The first-order chi connectivity index (χ1) is 11.3. The van der Waals surface area contributed by atoms with Crippen molar-refractivity contribution in [3.05, 3.63) is 29.3 Å². The fourth-order valence-corrected chi connectivity index (χ4v) is 4.24. The molecule has 0 aliphatic carbocycles. The molecule has 1 aliphatic rings. The van der Waals surface area contributed by atoms with Gasteiger partial charge in [-0.1, -0.05) is 20.8 Å². The minimum atomic E-state index is -4.37. The minimum absolute atomic E-state index is 0.149. The molecule has 25 heavy (non-hydrogen) atoms. The van der Waals surface area contributed by atoms with Gasteiger partial charge in [-0.2, -0.15) is 13.2 Å². The van der Waals surface area contributed by atoms with Gasteiger partial charge in [-0.05, 0) is 48.3 Å². The van der Waals surface area contributed by atoms with Gasteiger partial charge >= 0.3 is 6.18 Å². The van der Waals surface area contributed by atoms with Crippen molar-refractivity contribution in [2.45, 2.75) is 64.1 Å². The molecule has 1 saturated heterocycles. The monoisotopic (exact) mass is 374 g/mol. The van der Waals surface area contributed by atoms with E-state index >= 15 is 0 Å². The zero-order valence-electron chi connectivity index (χ0n) is 15.7. The molecule has 1 atom stereocenters. The van der Waals surface area contributed by atoms with Crippen LogP contribution in [-0.4, -0.2) is 32.4 Å². The van der Waals surface area contributed by atoms with Crippen LogP contribution in [0.2, 0.25) is 18.1 Å². The van der Waals surface area contributed by atoms with Crippen LogP contribution in [0.3, 0.4) is 0 Å². The Morgan fingerprint density at radius 3 is 2.40 bits per heavy atom. The molecule has 1 aromatic carbocycles. The van der Waals surface area contributed by atoms with E-state index in [1.165, 1.54) is 6.07 Å². The van der Waals surface area contributed by atoms with E-state index in [0.29, 0.717) is 12.1 Å². The third-order valence-electron chi connectivity index (χ3n) is 5.25. The predicted molar refractivity (Wildman–Crippen MR) is 97.8 cm³/mol. The first-order valence-electron chi connectivity index (χ1n) is 8.65. The average Bonchev–Trinajstić information content (AvgIpc) is 2.82. The molecule has 0 radical (unpaired) electrons. The lowest BCUT2D eigenvalue weighted by Gasteiger charge is -2.38. The lowest BCUT2D eigenvalue weighted by molar-refractivity contribution is -0.137. The van der Waals surface area contributed by atoms with Crippen LogP contribution in [-0.2, 0) is 17.1 Å². The molecule has 3 nitrogen and oxygen atoms in total. The van der Waals surface area contributed by atoms with Crippen LogP contribution in [0.15, 0.2) is 18.2 Å². The van der Waals surface area contributed by atoms with E-state index in [1.807, 2.05) is 0 Å². The summed E-state index contributed by atoms with van der Waals surface area (Å²) in [6.07, 6.45) is -3.30. The molecule has 2 rings (SSSR count). The zero-order chi connectivity index (χ0) is 19.0. The normalized spacial score (nSPS) is 20.2. The van der Waals surface area contributed by atoms with Crippen molar-refractivity contribution in [2.75, 3.05) is 18.8 Å². The van der Waals surface area contributed by atoms with Gasteiger partial charge < -0.3 is 10.2 Å². The van der Waals surface area contributed by atoms with E-state index in [9.17, 15) is 13.2 Å². The summed E-state index contributed by atoms with van der Waals surface area (Å²) in [5.74, 6) is 0. The number of likely N-dealkylation sites (tertiary alicyclic amines) is 1. The number of hydrogen-bond donors (Lipinski definition) is 1. The van der Waals surface area contributed by atoms with Crippen LogP contribution in [0.4, 0.5) is 18.9 Å². The number of nitrogen functional groups attached to an aromatic ring is 1. The molecule has 1 aromatic rings. The lowest BCUT2D eigenvalue weighted by Crippen LogP contribution is -2.44. The van der Waals surface area contributed by atoms with Gasteiger partial charge in [0, 0.05) is 25.3 Å². The number of nitrogens with two attached hydrogens (primary N) is 1. The van der Waals surface area contributed by atoms with Gasteiger partial charge in [-0.15, -0.1) is 0 Å². The van der Waals surface area contributed by atoms with E-state index < -0.39 is 20.1 Å². The molecular formula is C18H29F3N2OSi. The van der Waals surface area contributed by atoms with Crippen molar-refractivity contribution < 1.29 is 17.6 Å². The summed E-state index contributed by atoms with van der Waals surface area (Å²) in [5.41, 5.74) is 5.72. The smallest absolute Gasteiger partial charge is 0.413 e. The first kappa shape index (κ1) is 20.3. The Kier molecular flexibility index (Phi) is 5.61. The third kappa shape index (κ3) is 5.21. The van der Waals surface area contributed by atoms with Crippen LogP contribution >= 0.6 is 0 Å². The Hall–Kier alpha value is -1.05. The molecule has 0 aromatic heterocycles. The minimum Gasteiger partial charge on any atom is -0.413 e. The number of hydrogen-bond acceptors (Lipinski definition) is 3. The van der Waals surface area contributed by atoms with Crippen LogP contribution in [0, 0.1) is 0 Å². The highest BCUT2D eigenvalue weighted by atomic mass is 28.4. The lowest BCUT2D eigenvalue weighted by atomic mass is 10.1. The van der Waals surface area contributed by atoms with Gasteiger partial charge in [-0.3, -0.25) is 4.90 Å². The summed E-state index contributed by atoms with van der Waals surface area (Å²) in [7, 11) is -1.83. The van der Waals surface area contributed by atoms with Crippen molar-refractivity contribution in [3.8, 4) is 0 Å². The number of rotatable bonds is 4. The molecule has 0 spiro atoms.